The van der Waals surface area contributed by atoms with E-state index in [9.17, 15) is 0 Å². The van der Waals surface area contributed by atoms with Crippen LogP contribution < -0.4 is 4.65 Å². The first-order valence-electron chi connectivity index (χ1n) is 6.00. The van der Waals surface area contributed by atoms with Crippen LogP contribution in [-0.4, -0.2) is 15.1 Å². The molecule has 15 heavy (non-hydrogen) atoms. The van der Waals surface area contributed by atoms with Crippen LogP contribution in [0.2, 0.25) is 25.2 Å². The summed E-state index contributed by atoms with van der Waals surface area (Å²) in [6.07, 6.45) is 4.86. The molecule has 0 aromatic carbocycles. The molecule has 0 aliphatic carbocycles. The second kappa shape index (κ2) is 7.33. The van der Waals surface area contributed by atoms with Gasteiger partial charge >= 0.3 is 0 Å². The lowest BCUT2D eigenvalue weighted by Crippen LogP contribution is -2.56. The van der Waals surface area contributed by atoms with Crippen molar-refractivity contribution in [2.45, 2.75) is 64.7 Å². The zero-order valence-electron chi connectivity index (χ0n) is 10.5. The van der Waals surface area contributed by atoms with E-state index in [1.807, 2.05) is 0 Å². The molecule has 0 bridgehead atoms. The number of hydrogen-bond donors (Lipinski definition) is 1. The van der Waals surface area contributed by atoms with E-state index in [0.29, 0.717) is 0 Å². The van der Waals surface area contributed by atoms with E-state index in [1.165, 1.54) is 25.7 Å². The Morgan fingerprint density at radius 2 is 1.20 bits per heavy atom. The summed E-state index contributed by atoms with van der Waals surface area (Å²) in [6, 6.07) is 2.26. The highest BCUT2D eigenvalue weighted by Gasteiger charge is 2.34. The smallest absolute Gasteiger partial charge is 0.218 e. The molecule has 0 aliphatic rings. The summed E-state index contributed by atoms with van der Waals surface area (Å²) in [5, 5.41) is 0. The van der Waals surface area contributed by atoms with Gasteiger partial charge in [0.05, 0.1) is 0 Å². The second-order valence-corrected chi connectivity index (χ2v) is 16.5. The molecule has 0 aromatic heterocycles. The molecule has 2 atom stereocenters. The topological polar surface area (TPSA) is 12.0 Å². The van der Waals surface area contributed by atoms with Gasteiger partial charge in [0.2, 0.25) is 15.1 Å². The van der Waals surface area contributed by atoms with Crippen LogP contribution in [0.5, 0.6) is 0 Å². The van der Waals surface area contributed by atoms with E-state index in [1.54, 1.807) is 0 Å². The SMILES string of the molecule is CCCC[Si](C)(Cl)N[Si](C)(Cl)CCCC. The first-order valence-corrected chi connectivity index (χ1v) is 13.4. The quantitative estimate of drug-likeness (QED) is 0.499. The molecule has 0 saturated carbocycles. The van der Waals surface area contributed by atoms with E-state index in [-0.39, 0.29) is 0 Å². The average Bonchev–Trinajstić information content (AvgIpc) is 2.10. The van der Waals surface area contributed by atoms with Crippen molar-refractivity contribution in [3.8, 4) is 0 Å². The molecule has 5 heteroatoms. The summed E-state index contributed by atoms with van der Waals surface area (Å²) >= 11 is 13.1. The van der Waals surface area contributed by atoms with Gasteiger partial charge in [0.25, 0.3) is 0 Å². The van der Waals surface area contributed by atoms with Crippen molar-refractivity contribution >= 4 is 37.2 Å². The fraction of sp³-hybridized carbons (Fsp3) is 1.00. The van der Waals surface area contributed by atoms with Crippen LogP contribution >= 0.6 is 22.2 Å². The van der Waals surface area contributed by atoms with Gasteiger partial charge < -0.3 is 4.65 Å². The zero-order valence-corrected chi connectivity index (χ0v) is 14.0. The normalized spacial score (nSPS) is 19.6. The third-order valence-electron chi connectivity index (χ3n) is 2.52. The largest absolute Gasteiger partial charge is 0.335 e. The molecule has 92 valence electrons. The summed E-state index contributed by atoms with van der Waals surface area (Å²) in [6.45, 7) is 8.78. The minimum absolute atomic E-state index is 1.13. The summed E-state index contributed by atoms with van der Waals surface area (Å²) in [4.78, 5) is 0. The van der Waals surface area contributed by atoms with Crippen LogP contribution in [0.25, 0.3) is 0 Å². The second-order valence-electron chi connectivity index (χ2n) is 4.73. The highest BCUT2D eigenvalue weighted by molar-refractivity contribution is 7.29. The Labute approximate surface area is 107 Å². The number of nitrogens with one attached hydrogen (secondary N) is 1. The third-order valence-corrected chi connectivity index (χ3v) is 12.1. The molecule has 0 heterocycles. The van der Waals surface area contributed by atoms with Crippen molar-refractivity contribution in [3.05, 3.63) is 0 Å². The zero-order chi connectivity index (χ0) is 11.9. The van der Waals surface area contributed by atoms with Gasteiger partial charge in [0, 0.05) is 0 Å². The minimum Gasteiger partial charge on any atom is -0.335 e. The van der Waals surface area contributed by atoms with Gasteiger partial charge in [-0.3, -0.25) is 0 Å². The maximum atomic E-state index is 6.56. The van der Waals surface area contributed by atoms with E-state index >= 15 is 0 Å². The van der Waals surface area contributed by atoms with E-state index in [2.05, 4.69) is 31.6 Å². The van der Waals surface area contributed by atoms with Crippen molar-refractivity contribution in [3.63, 3.8) is 0 Å². The van der Waals surface area contributed by atoms with Crippen LogP contribution in [-0.2, 0) is 0 Å². The highest BCUT2D eigenvalue weighted by atomic mass is 35.6. The minimum atomic E-state index is -1.76. The van der Waals surface area contributed by atoms with Crippen molar-refractivity contribution in [1.82, 2.24) is 4.65 Å². The third kappa shape index (κ3) is 8.75. The Balaban J connectivity index is 4.04. The molecule has 2 unspecified atom stereocenters. The lowest BCUT2D eigenvalue weighted by molar-refractivity contribution is 0.856. The molecule has 0 saturated heterocycles. The number of unbranched alkanes of at least 4 members (excludes halogenated alkanes) is 2. The van der Waals surface area contributed by atoms with Crippen molar-refractivity contribution in [2.24, 2.45) is 0 Å². The predicted octanol–water partition coefficient (Wildman–Crippen LogP) is 4.80. The highest BCUT2D eigenvalue weighted by Crippen LogP contribution is 2.23. The average molecular weight is 286 g/mol. The monoisotopic (exact) mass is 285 g/mol. The Bertz CT molecular complexity index is 157. The Morgan fingerprint density at radius 1 is 0.867 bits per heavy atom. The summed E-state index contributed by atoms with van der Waals surface area (Å²) in [7, 11) is -3.52. The summed E-state index contributed by atoms with van der Waals surface area (Å²) < 4.78 is 3.61. The summed E-state index contributed by atoms with van der Waals surface area (Å²) in [5.41, 5.74) is 0. The van der Waals surface area contributed by atoms with Crippen LogP contribution in [0.3, 0.4) is 0 Å². The van der Waals surface area contributed by atoms with Crippen LogP contribution in [0.1, 0.15) is 39.5 Å². The van der Waals surface area contributed by atoms with Gasteiger partial charge in [-0.1, -0.05) is 39.5 Å². The predicted molar refractivity (Wildman–Crippen MR) is 77.5 cm³/mol. The van der Waals surface area contributed by atoms with Crippen molar-refractivity contribution in [1.29, 1.82) is 0 Å². The number of halogens is 2. The number of hydrogen-bond acceptors (Lipinski definition) is 1. The van der Waals surface area contributed by atoms with Crippen LogP contribution in [0.15, 0.2) is 0 Å². The maximum absolute atomic E-state index is 6.56. The molecule has 0 radical (unpaired) electrons. The lowest BCUT2D eigenvalue weighted by atomic mass is 10.4. The van der Waals surface area contributed by atoms with E-state index in [4.69, 9.17) is 22.2 Å². The molecular weight excluding hydrogens is 261 g/mol. The summed E-state index contributed by atoms with van der Waals surface area (Å²) in [5.74, 6) is 0. The standard InChI is InChI=1S/C10H25Cl2NSi2/c1-5-7-9-14(3,11)13-15(4,12)10-8-6-2/h13H,5-10H2,1-4H3. The van der Waals surface area contributed by atoms with Gasteiger partial charge in [-0.05, 0) is 25.2 Å². The molecule has 1 N–H and O–H groups in total. The van der Waals surface area contributed by atoms with Gasteiger partial charge in [0.15, 0.2) is 0 Å². The molecular formula is C10H25Cl2NSi2. The first kappa shape index (κ1) is 16.0. The fourth-order valence-electron chi connectivity index (χ4n) is 1.69. The number of rotatable bonds is 8. The van der Waals surface area contributed by atoms with Gasteiger partial charge in [-0.25, -0.2) is 0 Å². The lowest BCUT2D eigenvalue weighted by Gasteiger charge is -2.30. The maximum Gasteiger partial charge on any atom is 0.218 e. The van der Waals surface area contributed by atoms with Crippen LogP contribution in [0.4, 0.5) is 0 Å². The molecule has 0 spiro atoms. The molecule has 1 nitrogen and oxygen atoms in total. The van der Waals surface area contributed by atoms with Gasteiger partial charge in [-0.2, -0.15) is 0 Å². The molecule has 0 aromatic rings. The van der Waals surface area contributed by atoms with Crippen molar-refractivity contribution in [2.75, 3.05) is 0 Å². The fourth-order valence-corrected chi connectivity index (χ4v) is 14.1. The Hall–Kier alpha value is 0.974. The van der Waals surface area contributed by atoms with E-state index < -0.39 is 15.1 Å². The Kier molecular flexibility index (Phi) is 7.80. The first-order chi connectivity index (χ1) is 6.83. The molecule has 0 amide bonds. The van der Waals surface area contributed by atoms with Crippen molar-refractivity contribution < 1.29 is 0 Å². The Morgan fingerprint density at radius 3 is 1.47 bits per heavy atom. The molecule has 0 aliphatic heterocycles. The van der Waals surface area contributed by atoms with E-state index in [0.717, 1.165) is 12.1 Å². The van der Waals surface area contributed by atoms with Gasteiger partial charge in [0.1, 0.15) is 0 Å². The van der Waals surface area contributed by atoms with Gasteiger partial charge in [-0.15, -0.1) is 22.2 Å². The van der Waals surface area contributed by atoms with Crippen LogP contribution in [0, 0.1) is 0 Å². The molecule has 0 fully saturated rings. The molecule has 0 rings (SSSR count).